The van der Waals surface area contributed by atoms with Crippen molar-refractivity contribution in [3.8, 4) is 0 Å². The van der Waals surface area contributed by atoms with Crippen molar-refractivity contribution >= 4 is 5.82 Å². The Labute approximate surface area is 144 Å². The predicted octanol–water partition coefficient (Wildman–Crippen LogP) is 2.62. The topological polar surface area (TPSA) is 53.1 Å². The molecule has 0 radical (unpaired) electrons. The van der Waals surface area contributed by atoms with Crippen molar-refractivity contribution < 1.29 is 0 Å². The first-order valence-corrected chi connectivity index (χ1v) is 8.76. The van der Waals surface area contributed by atoms with E-state index >= 15 is 0 Å². The van der Waals surface area contributed by atoms with E-state index in [4.69, 9.17) is 4.98 Å². The van der Waals surface area contributed by atoms with Gasteiger partial charge in [-0.2, -0.15) is 0 Å². The van der Waals surface area contributed by atoms with Crippen LogP contribution in [0.1, 0.15) is 36.0 Å². The first-order valence-electron chi connectivity index (χ1n) is 8.76. The highest BCUT2D eigenvalue weighted by atomic mass is 15.1. The maximum absolute atomic E-state index is 4.80. The van der Waals surface area contributed by atoms with Crippen LogP contribution in [0.15, 0.2) is 36.4 Å². The molecule has 5 heteroatoms. The summed E-state index contributed by atoms with van der Waals surface area (Å²) in [5, 5.41) is 6.65. The molecule has 0 aliphatic carbocycles. The van der Waals surface area contributed by atoms with Crippen molar-refractivity contribution in [1.29, 1.82) is 0 Å². The quantitative estimate of drug-likeness (QED) is 0.819. The molecule has 1 fully saturated rings. The molecule has 0 saturated carbocycles. The highest BCUT2D eigenvalue weighted by Crippen LogP contribution is 2.21. The molecule has 0 unspecified atom stereocenters. The lowest BCUT2D eigenvalue weighted by Crippen LogP contribution is -2.23. The Bertz CT molecular complexity index is 637. The largest absolute Gasteiger partial charge is 0.373 e. The number of rotatable bonds is 7. The molecule has 0 spiro atoms. The van der Waals surface area contributed by atoms with E-state index in [1.54, 1.807) is 0 Å². The molecule has 0 bridgehead atoms. The Morgan fingerprint density at radius 2 is 2.08 bits per heavy atom. The van der Waals surface area contributed by atoms with Crippen molar-refractivity contribution in [3.05, 3.63) is 53.5 Å². The van der Waals surface area contributed by atoms with Gasteiger partial charge in [-0.1, -0.05) is 30.3 Å². The minimum atomic E-state index is 0.298. The molecule has 1 aromatic carbocycles. The van der Waals surface area contributed by atoms with E-state index < -0.39 is 0 Å². The monoisotopic (exact) mass is 325 g/mol. The van der Waals surface area contributed by atoms with Crippen LogP contribution in [0.5, 0.6) is 0 Å². The van der Waals surface area contributed by atoms with Gasteiger partial charge in [-0.25, -0.2) is 9.97 Å². The fourth-order valence-electron chi connectivity index (χ4n) is 3.11. The molecule has 2 aromatic rings. The molecule has 2 heterocycles. The van der Waals surface area contributed by atoms with Gasteiger partial charge in [0, 0.05) is 26.2 Å². The van der Waals surface area contributed by atoms with Gasteiger partial charge in [0.15, 0.2) is 0 Å². The van der Waals surface area contributed by atoms with Crippen LogP contribution in [-0.2, 0) is 13.0 Å². The van der Waals surface area contributed by atoms with Gasteiger partial charge in [0.25, 0.3) is 0 Å². The van der Waals surface area contributed by atoms with Gasteiger partial charge < -0.3 is 15.5 Å². The Kier molecular flexibility index (Phi) is 5.77. The van der Waals surface area contributed by atoms with Gasteiger partial charge in [-0.3, -0.25) is 0 Å². The van der Waals surface area contributed by atoms with Crippen LogP contribution < -0.4 is 10.6 Å². The van der Waals surface area contributed by atoms with Crippen molar-refractivity contribution in [2.24, 2.45) is 0 Å². The van der Waals surface area contributed by atoms with Crippen molar-refractivity contribution in [2.75, 3.05) is 32.5 Å². The van der Waals surface area contributed by atoms with Crippen LogP contribution in [0.3, 0.4) is 0 Å². The zero-order valence-corrected chi connectivity index (χ0v) is 14.6. The summed E-state index contributed by atoms with van der Waals surface area (Å²) in [6.07, 6.45) is 3.37. The normalized spacial score (nSPS) is 17.4. The fourth-order valence-corrected chi connectivity index (χ4v) is 3.11. The standard InChI is InChI=1S/C19H27N5/c1-20-18-13-16(22-19(23-18)17-9-6-11-21-17)14-24(2)12-10-15-7-4-3-5-8-15/h3-5,7-8,13,17,21H,6,9-12,14H2,1-2H3,(H,20,22,23)/t17-/m1/s1. The van der Waals surface area contributed by atoms with Crippen LogP contribution in [0.25, 0.3) is 0 Å². The minimum Gasteiger partial charge on any atom is -0.373 e. The van der Waals surface area contributed by atoms with E-state index in [1.807, 2.05) is 7.05 Å². The van der Waals surface area contributed by atoms with Gasteiger partial charge in [-0.05, 0) is 38.4 Å². The Morgan fingerprint density at radius 3 is 2.79 bits per heavy atom. The lowest BCUT2D eigenvalue weighted by atomic mass is 10.1. The van der Waals surface area contributed by atoms with Crippen LogP contribution in [-0.4, -0.2) is 42.1 Å². The molecule has 1 saturated heterocycles. The lowest BCUT2D eigenvalue weighted by Gasteiger charge is -2.18. The summed E-state index contributed by atoms with van der Waals surface area (Å²) < 4.78 is 0. The molecule has 0 amide bonds. The average molecular weight is 325 g/mol. The van der Waals surface area contributed by atoms with Gasteiger partial charge in [0.1, 0.15) is 11.6 Å². The zero-order chi connectivity index (χ0) is 16.8. The molecule has 1 aliphatic rings. The summed E-state index contributed by atoms with van der Waals surface area (Å²) >= 11 is 0. The summed E-state index contributed by atoms with van der Waals surface area (Å²) in [5.74, 6) is 1.82. The second kappa shape index (κ2) is 8.22. The molecule has 1 atom stereocenters. The smallest absolute Gasteiger partial charge is 0.147 e. The molecule has 3 rings (SSSR count). The first kappa shape index (κ1) is 16.9. The van der Waals surface area contributed by atoms with Gasteiger partial charge >= 0.3 is 0 Å². The van der Waals surface area contributed by atoms with Gasteiger partial charge in [0.2, 0.25) is 0 Å². The number of hydrogen-bond acceptors (Lipinski definition) is 5. The first-order chi connectivity index (χ1) is 11.7. The van der Waals surface area contributed by atoms with Crippen molar-refractivity contribution in [2.45, 2.75) is 31.8 Å². The van der Waals surface area contributed by atoms with E-state index in [9.17, 15) is 0 Å². The Balaban J connectivity index is 1.63. The van der Waals surface area contributed by atoms with E-state index in [0.29, 0.717) is 6.04 Å². The SMILES string of the molecule is CNc1cc(CN(C)CCc2ccccc2)nc([C@H]2CCCN2)n1. The van der Waals surface area contributed by atoms with Crippen molar-refractivity contribution in [3.63, 3.8) is 0 Å². The highest BCUT2D eigenvalue weighted by molar-refractivity contribution is 5.35. The lowest BCUT2D eigenvalue weighted by molar-refractivity contribution is 0.326. The summed E-state index contributed by atoms with van der Waals surface area (Å²) in [6, 6.07) is 13.0. The molecule has 1 aliphatic heterocycles. The molecular weight excluding hydrogens is 298 g/mol. The summed E-state index contributed by atoms with van der Waals surface area (Å²) in [4.78, 5) is 11.8. The third kappa shape index (κ3) is 4.52. The Hall–Kier alpha value is -1.98. The highest BCUT2D eigenvalue weighted by Gasteiger charge is 2.20. The second-order valence-electron chi connectivity index (χ2n) is 6.48. The Morgan fingerprint density at radius 1 is 1.25 bits per heavy atom. The molecule has 5 nitrogen and oxygen atoms in total. The van der Waals surface area contributed by atoms with Crippen molar-refractivity contribution in [1.82, 2.24) is 20.2 Å². The van der Waals surface area contributed by atoms with Crippen LogP contribution in [0.2, 0.25) is 0 Å². The van der Waals surface area contributed by atoms with E-state index in [0.717, 1.165) is 49.8 Å². The number of hydrogen-bond donors (Lipinski definition) is 2. The number of likely N-dealkylation sites (N-methyl/N-ethyl adjacent to an activating group) is 1. The number of anilines is 1. The summed E-state index contributed by atoms with van der Waals surface area (Å²) in [7, 11) is 4.06. The van der Waals surface area contributed by atoms with E-state index in [1.165, 1.54) is 12.0 Å². The number of nitrogens with one attached hydrogen (secondary N) is 2. The second-order valence-corrected chi connectivity index (χ2v) is 6.48. The molecular formula is C19H27N5. The molecule has 1 aromatic heterocycles. The summed E-state index contributed by atoms with van der Waals surface area (Å²) in [5.41, 5.74) is 2.45. The molecule has 128 valence electrons. The third-order valence-electron chi connectivity index (χ3n) is 4.48. The molecule has 2 N–H and O–H groups in total. The van der Waals surface area contributed by atoms with E-state index in [2.05, 4.69) is 64.0 Å². The maximum Gasteiger partial charge on any atom is 0.147 e. The number of nitrogens with zero attached hydrogens (tertiary/aromatic N) is 3. The molecule has 24 heavy (non-hydrogen) atoms. The van der Waals surface area contributed by atoms with Gasteiger partial charge in [0.05, 0.1) is 11.7 Å². The number of aromatic nitrogens is 2. The van der Waals surface area contributed by atoms with Gasteiger partial charge in [-0.15, -0.1) is 0 Å². The average Bonchev–Trinajstić information content (AvgIpc) is 3.15. The van der Waals surface area contributed by atoms with Crippen LogP contribution in [0, 0.1) is 0 Å². The zero-order valence-electron chi connectivity index (χ0n) is 14.6. The summed E-state index contributed by atoms with van der Waals surface area (Å²) in [6.45, 7) is 2.91. The number of benzene rings is 1. The van der Waals surface area contributed by atoms with Crippen LogP contribution in [0.4, 0.5) is 5.82 Å². The fraction of sp³-hybridized carbons (Fsp3) is 0.474. The minimum absolute atomic E-state index is 0.298. The maximum atomic E-state index is 4.80. The third-order valence-corrected chi connectivity index (χ3v) is 4.48. The predicted molar refractivity (Wildman–Crippen MR) is 98.0 cm³/mol. The van der Waals surface area contributed by atoms with Crippen LogP contribution >= 0.6 is 0 Å². The van der Waals surface area contributed by atoms with E-state index in [-0.39, 0.29) is 0 Å².